The Morgan fingerprint density at radius 3 is 2.91 bits per heavy atom. The van der Waals surface area contributed by atoms with Crippen molar-refractivity contribution in [1.29, 1.82) is 0 Å². The molecule has 7 heteroatoms. The first-order valence-corrected chi connectivity index (χ1v) is 11.6. The van der Waals surface area contributed by atoms with Gasteiger partial charge in [0.05, 0.1) is 5.69 Å². The number of carbonyl (C=O) groups excluding carboxylic acids is 1. The number of carbonyl (C=O) groups is 1. The number of aromatic nitrogens is 1. The molecule has 2 aromatic carbocycles. The highest BCUT2D eigenvalue weighted by atomic mass is 35.5. The number of amides is 1. The lowest BCUT2D eigenvalue weighted by atomic mass is 9.90. The molecule has 2 aliphatic heterocycles. The van der Waals surface area contributed by atoms with Crippen LogP contribution in [-0.2, 0) is 11.2 Å². The first-order valence-electron chi connectivity index (χ1n) is 11.3. The summed E-state index contributed by atoms with van der Waals surface area (Å²) in [5.41, 5.74) is 3.56. The minimum absolute atomic E-state index is 0.128. The summed E-state index contributed by atoms with van der Waals surface area (Å²) in [5, 5.41) is 4.80. The zero-order chi connectivity index (χ0) is 22.1. The fraction of sp³-hybridized carbons (Fsp3) is 0.400. The summed E-state index contributed by atoms with van der Waals surface area (Å²) in [6.45, 7) is 3.80. The van der Waals surface area contributed by atoms with E-state index in [0.717, 1.165) is 54.3 Å². The zero-order valence-corrected chi connectivity index (χ0v) is 19.0. The second-order valence-corrected chi connectivity index (χ2v) is 9.13. The van der Waals surface area contributed by atoms with Gasteiger partial charge in [0.2, 0.25) is 12.1 Å². The summed E-state index contributed by atoms with van der Waals surface area (Å²) in [6.07, 6.45) is 6.27. The molecule has 0 spiro atoms. The molecule has 1 amide bonds. The molecule has 1 aromatic heterocycles. The monoisotopic (exact) mass is 453 g/mol. The largest absolute Gasteiger partial charge is 0.482 e. The molecule has 0 bridgehead atoms. The van der Waals surface area contributed by atoms with Gasteiger partial charge >= 0.3 is 0 Å². The number of rotatable bonds is 5. The number of hydrogen-bond acceptors (Lipinski definition) is 4. The van der Waals surface area contributed by atoms with E-state index >= 15 is 0 Å². The average Bonchev–Trinajstić information content (AvgIpc) is 3.19. The minimum atomic E-state index is -0.443. The van der Waals surface area contributed by atoms with Crippen molar-refractivity contribution in [2.45, 2.75) is 38.8 Å². The summed E-state index contributed by atoms with van der Waals surface area (Å²) in [4.78, 5) is 17.1. The number of hydrogen-bond donors (Lipinski definition) is 2. The molecule has 1 unspecified atom stereocenters. The van der Waals surface area contributed by atoms with Crippen molar-refractivity contribution in [1.82, 2.24) is 10.3 Å². The molecule has 6 nitrogen and oxygen atoms in total. The minimum Gasteiger partial charge on any atom is -0.482 e. The maximum Gasteiger partial charge on any atom is 0.219 e. The van der Waals surface area contributed by atoms with Gasteiger partial charge in [-0.05, 0) is 61.4 Å². The maximum absolute atomic E-state index is 11.3. The first-order chi connectivity index (χ1) is 15.6. The van der Waals surface area contributed by atoms with E-state index in [4.69, 9.17) is 21.1 Å². The smallest absolute Gasteiger partial charge is 0.219 e. The predicted octanol–water partition coefficient (Wildman–Crippen LogP) is 4.90. The van der Waals surface area contributed by atoms with Crippen LogP contribution in [0.25, 0.3) is 10.9 Å². The van der Waals surface area contributed by atoms with Crippen LogP contribution < -0.4 is 19.7 Å². The molecule has 0 saturated carbocycles. The Labute approximate surface area is 192 Å². The van der Waals surface area contributed by atoms with Gasteiger partial charge < -0.3 is 24.7 Å². The van der Waals surface area contributed by atoms with Gasteiger partial charge in [-0.2, -0.15) is 0 Å². The fourth-order valence-corrected chi connectivity index (χ4v) is 4.99. The van der Waals surface area contributed by atoms with Gasteiger partial charge in [0, 0.05) is 42.1 Å². The molecule has 32 heavy (non-hydrogen) atoms. The van der Waals surface area contributed by atoms with Crippen LogP contribution in [0.5, 0.6) is 11.5 Å². The molecular formula is C25H28ClN3O3. The van der Waals surface area contributed by atoms with Gasteiger partial charge in [-0.3, -0.25) is 4.79 Å². The Bertz CT molecular complexity index is 1120. The third-order valence-electron chi connectivity index (χ3n) is 6.48. The molecule has 3 heterocycles. The Kier molecular flexibility index (Phi) is 5.87. The van der Waals surface area contributed by atoms with Gasteiger partial charge in [-0.25, -0.2) is 0 Å². The van der Waals surface area contributed by atoms with Gasteiger partial charge in [0.25, 0.3) is 0 Å². The molecule has 0 radical (unpaired) electrons. The predicted molar refractivity (Wildman–Crippen MR) is 127 cm³/mol. The fourth-order valence-electron chi connectivity index (χ4n) is 4.82. The highest BCUT2D eigenvalue weighted by Crippen LogP contribution is 2.41. The number of aryl methyl sites for hydroxylation is 1. The highest BCUT2D eigenvalue weighted by Gasteiger charge is 2.28. The maximum atomic E-state index is 11.3. The lowest BCUT2D eigenvalue weighted by molar-refractivity contribution is -0.122. The van der Waals surface area contributed by atoms with E-state index in [0.29, 0.717) is 18.3 Å². The summed E-state index contributed by atoms with van der Waals surface area (Å²) in [5.74, 6) is 2.06. The third kappa shape index (κ3) is 4.37. The average molecular weight is 454 g/mol. The SMILES string of the molecule is CC(=O)NC1COc2c(cccc2N2CCC(CCc3c[nH]c4cc(Cl)ccc34)CC2)O1. The molecular weight excluding hydrogens is 426 g/mol. The van der Waals surface area contributed by atoms with Crippen LogP contribution in [0, 0.1) is 5.92 Å². The lowest BCUT2D eigenvalue weighted by Gasteiger charge is -2.36. The Morgan fingerprint density at radius 2 is 2.09 bits per heavy atom. The summed E-state index contributed by atoms with van der Waals surface area (Å²) in [6, 6.07) is 12.0. The van der Waals surface area contributed by atoms with E-state index in [2.05, 4.69) is 33.5 Å². The molecule has 3 aromatic rings. The molecule has 0 aliphatic carbocycles. The summed E-state index contributed by atoms with van der Waals surface area (Å²) in [7, 11) is 0. The van der Waals surface area contributed by atoms with Gasteiger partial charge in [-0.1, -0.05) is 23.7 Å². The van der Waals surface area contributed by atoms with E-state index in [1.54, 1.807) is 0 Å². The number of nitrogens with one attached hydrogen (secondary N) is 2. The zero-order valence-electron chi connectivity index (χ0n) is 18.2. The van der Waals surface area contributed by atoms with E-state index < -0.39 is 6.23 Å². The van der Waals surface area contributed by atoms with Crippen molar-refractivity contribution in [2.75, 3.05) is 24.6 Å². The van der Waals surface area contributed by atoms with Crippen molar-refractivity contribution >= 4 is 34.1 Å². The molecule has 1 fully saturated rings. The van der Waals surface area contributed by atoms with Crippen LogP contribution in [-0.4, -0.2) is 36.8 Å². The number of aromatic amines is 1. The van der Waals surface area contributed by atoms with Gasteiger partial charge in [-0.15, -0.1) is 0 Å². The van der Waals surface area contributed by atoms with Crippen molar-refractivity contribution in [3.8, 4) is 11.5 Å². The van der Waals surface area contributed by atoms with Crippen LogP contribution in [0.2, 0.25) is 5.02 Å². The van der Waals surface area contributed by atoms with Crippen LogP contribution in [0.3, 0.4) is 0 Å². The van der Waals surface area contributed by atoms with Crippen LogP contribution in [0.4, 0.5) is 5.69 Å². The van der Waals surface area contributed by atoms with E-state index in [9.17, 15) is 4.79 Å². The number of anilines is 1. The Balaban J connectivity index is 1.19. The number of ether oxygens (including phenoxy) is 2. The van der Waals surface area contributed by atoms with Crippen molar-refractivity contribution in [2.24, 2.45) is 5.92 Å². The summed E-state index contributed by atoms with van der Waals surface area (Å²) < 4.78 is 11.9. The van der Waals surface area contributed by atoms with Crippen LogP contribution >= 0.6 is 11.6 Å². The third-order valence-corrected chi connectivity index (χ3v) is 6.71. The number of fused-ring (bicyclic) bond motifs is 2. The Morgan fingerprint density at radius 1 is 1.25 bits per heavy atom. The Hall–Kier alpha value is -2.86. The van der Waals surface area contributed by atoms with Gasteiger partial charge in [0.1, 0.15) is 6.61 Å². The molecule has 1 saturated heterocycles. The number of piperidine rings is 1. The van der Waals surface area contributed by atoms with E-state index in [1.807, 2.05) is 24.3 Å². The quantitative estimate of drug-likeness (QED) is 0.576. The number of halogens is 1. The standard InChI is InChI=1S/C25H28ClN3O3/c1-16(30)28-24-15-31-25-22(3-2-4-23(25)32-24)29-11-9-17(10-12-29)5-6-18-14-27-21-13-19(26)7-8-20(18)21/h2-4,7-8,13-14,17,24,27H,5-6,9-12,15H2,1H3,(H,28,30). The number of H-pyrrole nitrogens is 1. The molecule has 1 atom stereocenters. The molecule has 168 valence electrons. The molecule has 2 N–H and O–H groups in total. The van der Waals surface area contributed by atoms with Crippen molar-refractivity contribution in [3.63, 3.8) is 0 Å². The van der Waals surface area contributed by atoms with Gasteiger partial charge in [0.15, 0.2) is 11.5 Å². The first kappa shape index (κ1) is 21.0. The number of nitrogens with zero attached hydrogens (tertiary/aromatic N) is 1. The normalized spacial score (nSPS) is 18.7. The number of benzene rings is 2. The van der Waals surface area contributed by atoms with Crippen molar-refractivity contribution in [3.05, 3.63) is 53.2 Å². The topological polar surface area (TPSA) is 66.6 Å². The number of para-hydroxylation sites is 1. The second-order valence-electron chi connectivity index (χ2n) is 8.70. The molecule has 2 aliphatic rings. The lowest BCUT2D eigenvalue weighted by Crippen LogP contribution is -2.44. The highest BCUT2D eigenvalue weighted by molar-refractivity contribution is 6.31. The molecule has 5 rings (SSSR count). The van der Waals surface area contributed by atoms with Crippen LogP contribution in [0.1, 0.15) is 31.7 Å². The van der Waals surface area contributed by atoms with Crippen molar-refractivity contribution < 1.29 is 14.3 Å². The van der Waals surface area contributed by atoms with Crippen LogP contribution in [0.15, 0.2) is 42.6 Å². The van der Waals surface area contributed by atoms with E-state index in [1.165, 1.54) is 24.3 Å². The second kappa shape index (κ2) is 8.94. The van der Waals surface area contributed by atoms with E-state index in [-0.39, 0.29) is 5.91 Å². The summed E-state index contributed by atoms with van der Waals surface area (Å²) >= 11 is 6.10.